The van der Waals surface area contributed by atoms with E-state index >= 15 is 0 Å². The third kappa shape index (κ3) is 7.17. The van der Waals surface area contributed by atoms with Crippen molar-refractivity contribution in [3.63, 3.8) is 0 Å². The molecule has 28 heavy (non-hydrogen) atoms. The molecule has 158 valence electrons. The Labute approximate surface area is 173 Å². The van der Waals surface area contributed by atoms with Crippen molar-refractivity contribution in [3.8, 4) is 0 Å². The van der Waals surface area contributed by atoms with Crippen LogP contribution in [0.25, 0.3) is 0 Å². The van der Waals surface area contributed by atoms with E-state index in [1.54, 1.807) is 11.3 Å². The van der Waals surface area contributed by atoms with Gasteiger partial charge in [-0.05, 0) is 25.7 Å². The zero-order valence-corrected chi connectivity index (χ0v) is 18.6. The Bertz CT molecular complexity index is 605. The Morgan fingerprint density at radius 1 is 1.07 bits per heavy atom. The molecule has 0 radical (unpaired) electrons. The topological polar surface area (TPSA) is 56.8 Å². The highest BCUT2D eigenvalue weighted by atomic mass is 32.1. The van der Waals surface area contributed by atoms with Crippen LogP contribution < -0.4 is 0 Å². The molecule has 0 N–H and O–H groups in total. The monoisotopic (exact) mass is 408 g/mol. The highest BCUT2D eigenvalue weighted by Crippen LogP contribution is 2.14. The van der Waals surface area contributed by atoms with Gasteiger partial charge in [-0.25, -0.2) is 4.98 Å². The fraction of sp³-hybridized carbons (Fsp3) is 0.762. The minimum atomic E-state index is 0.187. The van der Waals surface area contributed by atoms with Crippen LogP contribution in [0.3, 0.4) is 0 Å². The quantitative estimate of drug-likeness (QED) is 0.564. The summed E-state index contributed by atoms with van der Waals surface area (Å²) in [4.78, 5) is 35.7. The number of hydrogen-bond donors (Lipinski definition) is 0. The Morgan fingerprint density at radius 2 is 1.75 bits per heavy atom. The van der Waals surface area contributed by atoms with Gasteiger partial charge < -0.3 is 9.80 Å². The van der Waals surface area contributed by atoms with Crippen LogP contribution in [0.5, 0.6) is 0 Å². The number of amides is 2. The van der Waals surface area contributed by atoms with Gasteiger partial charge in [0.1, 0.15) is 0 Å². The normalized spacial score (nSPS) is 15.0. The van der Waals surface area contributed by atoms with Gasteiger partial charge >= 0.3 is 0 Å². The standard InChI is InChI=1S/C21H36N4O2S/c1-4-10-24(11-5-2)20(26)8-7-9-21(27)25-14-12-23(13-15-25)16-18-17-28-19(6-3)22-18/h17H,4-16H2,1-3H3. The largest absolute Gasteiger partial charge is 0.343 e. The smallest absolute Gasteiger partial charge is 0.222 e. The van der Waals surface area contributed by atoms with Crippen molar-refractivity contribution in [2.24, 2.45) is 0 Å². The minimum absolute atomic E-state index is 0.187. The van der Waals surface area contributed by atoms with E-state index in [1.165, 1.54) is 5.01 Å². The van der Waals surface area contributed by atoms with E-state index < -0.39 is 0 Å². The Hall–Kier alpha value is -1.47. The predicted molar refractivity (Wildman–Crippen MR) is 114 cm³/mol. The van der Waals surface area contributed by atoms with Crippen molar-refractivity contribution in [2.75, 3.05) is 39.3 Å². The summed E-state index contributed by atoms with van der Waals surface area (Å²) in [7, 11) is 0. The van der Waals surface area contributed by atoms with Gasteiger partial charge in [-0.3, -0.25) is 14.5 Å². The number of hydrogen-bond acceptors (Lipinski definition) is 5. The molecule has 7 heteroatoms. The maximum Gasteiger partial charge on any atom is 0.222 e. The summed E-state index contributed by atoms with van der Waals surface area (Å²) >= 11 is 1.73. The third-order valence-electron chi connectivity index (χ3n) is 5.13. The first-order valence-electron chi connectivity index (χ1n) is 10.8. The molecule has 1 aromatic rings. The highest BCUT2D eigenvalue weighted by Gasteiger charge is 2.22. The van der Waals surface area contributed by atoms with Crippen LogP contribution in [0.1, 0.15) is 63.6 Å². The van der Waals surface area contributed by atoms with Crippen LogP contribution >= 0.6 is 11.3 Å². The second-order valence-corrected chi connectivity index (χ2v) is 8.42. The number of carbonyl (C=O) groups excluding carboxylic acids is 2. The molecule has 0 spiro atoms. The van der Waals surface area contributed by atoms with Crippen LogP contribution in [-0.4, -0.2) is 70.8 Å². The molecule has 0 aromatic carbocycles. The van der Waals surface area contributed by atoms with Crippen LogP contribution in [0.4, 0.5) is 0 Å². The molecule has 1 aromatic heterocycles. The number of thiazole rings is 1. The minimum Gasteiger partial charge on any atom is -0.343 e. The summed E-state index contributed by atoms with van der Waals surface area (Å²) in [5.41, 5.74) is 1.14. The van der Waals surface area contributed by atoms with Crippen LogP contribution in [0.15, 0.2) is 5.38 Å². The first kappa shape index (κ1) is 22.8. The predicted octanol–water partition coefficient (Wildman–Crippen LogP) is 3.17. The summed E-state index contributed by atoms with van der Waals surface area (Å²) < 4.78 is 0. The third-order valence-corrected chi connectivity index (χ3v) is 6.18. The second kappa shape index (κ2) is 12.2. The first-order valence-corrected chi connectivity index (χ1v) is 11.7. The van der Waals surface area contributed by atoms with Gasteiger partial charge in [0.2, 0.25) is 11.8 Å². The molecule has 1 fully saturated rings. The van der Waals surface area contributed by atoms with Crippen LogP contribution in [0, 0.1) is 0 Å². The van der Waals surface area contributed by atoms with E-state index in [0.717, 1.165) is 70.8 Å². The molecule has 0 aliphatic carbocycles. The van der Waals surface area contributed by atoms with Gasteiger partial charge in [0.15, 0.2) is 0 Å². The lowest BCUT2D eigenvalue weighted by Gasteiger charge is -2.34. The number of carbonyl (C=O) groups is 2. The van der Waals surface area contributed by atoms with Crippen molar-refractivity contribution in [2.45, 2.75) is 65.8 Å². The number of aromatic nitrogens is 1. The lowest BCUT2D eigenvalue weighted by atomic mass is 10.1. The van der Waals surface area contributed by atoms with Crippen molar-refractivity contribution in [3.05, 3.63) is 16.1 Å². The van der Waals surface area contributed by atoms with Gasteiger partial charge in [-0.15, -0.1) is 11.3 Å². The number of rotatable bonds is 11. The Kier molecular flexibility index (Phi) is 9.92. The number of aryl methyl sites for hydroxylation is 1. The molecule has 2 amide bonds. The SMILES string of the molecule is CCCN(CCC)C(=O)CCCC(=O)N1CCN(Cc2csc(CC)n2)CC1. The maximum absolute atomic E-state index is 12.5. The summed E-state index contributed by atoms with van der Waals surface area (Å²) in [5, 5.41) is 3.34. The number of nitrogens with zero attached hydrogens (tertiary/aromatic N) is 4. The van der Waals surface area contributed by atoms with E-state index in [9.17, 15) is 9.59 Å². The summed E-state index contributed by atoms with van der Waals surface area (Å²) in [6.45, 7) is 12.2. The fourth-order valence-corrected chi connectivity index (χ4v) is 4.31. The molecule has 1 saturated heterocycles. The average Bonchev–Trinajstić information content (AvgIpc) is 3.15. The molecule has 6 nitrogen and oxygen atoms in total. The first-order chi connectivity index (χ1) is 13.6. The lowest BCUT2D eigenvalue weighted by molar-refractivity contribution is -0.134. The van der Waals surface area contributed by atoms with Gasteiger partial charge in [0.25, 0.3) is 0 Å². The van der Waals surface area contributed by atoms with Crippen LogP contribution in [0.2, 0.25) is 0 Å². The molecule has 1 aliphatic rings. The molecule has 2 rings (SSSR count). The molecule has 0 unspecified atom stereocenters. The van der Waals surface area contributed by atoms with E-state index in [-0.39, 0.29) is 11.8 Å². The fourth-order valence-electron chi connectivity index (χ4n) is 3.58. The van der Waals surface area contributed by atoms with E-state index in [1.807, 2.05) is 9.80 Å². The molecule has 2 heterocycles. The summed E-state index contributed by atoms with van der Waals surface area (Å²) in [6, 6.07) is 0. The van der Waals surface area contributed by atoms with Gasteiger partial charge in [-0.1, -0.05) is 20.8 Å². The highest BCUT2D eigenvalue weighted by molar-refractivity contribution is 7.09. The second-order valence-electron chi connectivity index (χ2n) is 7.48. The summed E-state index contributed by atoms with van der Waals surface area (Å²) in [5.74, 6) is 0.378. The zero-order chi connectivity index (χ0) is 20.4. The van der Waals surface area contributed by atoms with E-state index in [2.05, 4.69) is 36.0 Å². The molecular formula is C21H36N4O2S. The number of piperazine rings is 1. The molecule has 0 saturated carbocycles. The van der Waals surface area contributed by atoms with Crippen molar-refractivity contribution >= 4 is 23.2 Å². The summed E-state index contributed by atoms with van der Waals surface area (Å²) in [6.07, 6.45) is 4.56. The van der Waals surface area contributed by atoms with Gasteiger partial charge in [-0.2, -0.15) is 0 Å². The van der Waals surface area contributed by atoms with Crippen molar-refractivity contribution < 1.29 is 9.59 Å². The molecule has 0 bridgehead atoms. The lowest BCUT2D eigenvalue weighted by Crippen LogP contribution is -2.48. The van der Waals surface area contributed by atoms with E-state index in [0.29, 0.717) is 19.3 Å². The molecule has 1 aliphatic heterocycles. The van der Waals surface area contributed by atoms with Gasteiger partial charge in [0, 0.05) is 64.0 Å². The average molecular weight is 409 g/mol. The van der Waals surface area contributed by atoms with Gasteiger partial charge in [0.05, 0.1) is 10.7 Å². The molecule has 0 atom stereocenters. The van der Waals surface area contributed by atoms with Crippen LogP contribution in [-0.2, 0) is 22.6 Å². The van der Waals surface area contributed by atoms with Crippen molar-refractivity contribution in [1.29, 1.82) is 0 Å². The van der Waals surface area contributed by atoms with E-state index in [4.69, 9.17) is 0 Å². The van der Waals surface area contributed by atoms with Crippen molar-refractivity contribution in [1.82, 2.24) is 19.7 Å². The molecular weight excluding hydrogens is 372 g/mol. The Balaban J connectivity index is 1.66. The zero-order valence-electron chi connectivity index (χ0n) is 17.8. The Morgan fingerprint density at radius 3 is 2.32 bits per heavy atom. The maximum atomic E-state index is 12.5.